The Morgan fingerprint density at radius 3 is 2.43 bits per heavy atom. The van der Waals surface area contributed by atoms with Crippen LogP contribution in [0.5, 0.6) is 0 Å². The molecule has 28 heavy (non-hydrogen) atoms. The van der Waals surface area contributed by atoms with Gasteiger partial charge in [0.15, 0.2) is 0 Å². The largest absolute Gasteiger partial charge is 0.466 e. The Morgan fingerprint density at radius 1 is 1.07 bits per heavy atom. The van der Waals surface area contributed by atoms with Crippen LogP contribution < -0.4 is 4.90 Å². The summed E-state index contributed by atoms with van der Waals surface area (Å²) in [7, 11) is 0. The van der Waals surface area contributed by atoms with E-state index >= 15 is 0 Å². The summed E-state index contributed by atoms with van der Waals surface area (Å²) >= 11 is 0. The monoisotopic (exact) mass is 375 g/mol. The van der Waals surface area contributed by atoms with Crippen LogP contribution in [-0.2, 0) is 14.3 Å². The van der Waals surface area contributed by atoms with Crippen molar-refractivity contribution in [1.82, 2.24) is 0 Å². The number of nitrogens with zero attached hydrogens (tertiary/aromatic N) is 1. The molecule has 0 aromatic heterocycles. The quantitative estimate of drug-likeness (QED) is 0.438. The molecular formula is C24H25NO3. The molecule has 4 heteroatoms. The van der Waals surface area contributed by atoms with Crippen molar-refractivity contribution in [1.29, 1.82) is 0 Å². The molecule has 0 bridgehead atoms. The third kappa shape index (κ3) is 3.35. The summed E-state index contributed by atoms with van der Waals surface area (Å²) in [4.78, 5) is 27.4. The van der Waals surface area contributed by atoms with E-state index in [0.717, 1.165) is 11.3 Å². The molecule has 1 amide bonds. The van der Waals surface area contributed by atoms with Gasteiger partial charge >= 0.3 is 5.97 Å². The minimum absolute atomic E-state index is 0.0216. The van der Waals surface area contributed by atoms with Crippen molar-refractivity contribution in [3.63, 3.8) is 0 Å². The molecule has 4 atom stereocenters. The molecule has 1 aliphatic carbocycles. The maximum absolute atomic E-state index is 13.2. The molecule has 1 aliphatic heterocycles. The molecule has 0 unspecified atom stereocenters. The fourth-order valence-corrected chi connectivity index (χ4v) is 4.45. The van der Waals surface area contributed by atoms with Crippen molar-refractivity contribution < 1.29 is 14.3 Å². The molecular weight excluding hydrogens is 350 g/mol. The Labute approximate surface area is 165 Å². The van der Waals surface area contributed by atoms with Crippen LogP contribution in [-0.4, -0.2) is 18.5 Å². The first-order valence-corrected chi connectivity index (χ1v) is 9.97. The van der Waals surface area contributed by atoms with E-state index in [1.807, 2.05) is 66.4 Å². The number of carbonyl (C=O) groups excluding carboxylic acids is 2. The van der Waals surface area contributed by atoms with Crippen LogP contribution in [0.15, 0.2) is 72.8 Å². The highest BCUT2D eigenvalue weighted by molar-refractivity contribution is 6.03. The van der Waals surface area contributed by atoms with Gasteiger partial charge in [-0.1, -0.05) is 60.7 Å². The van der Waals surface area contributed by atoms with Crippen molar-refractivity contribution in [2.75, 3.05) is 11.5 Å². The van der Waals surface area contributed by atoms with Crippen molar-refractivity contribution in [3.8, 4) is 0 Å². The maximum Gasteiger partial charge on any atom is 0.309 e. The van der Waals surface area contributed by atoms with Crippen LogP contribution in [0.1, 0.15) is 31.4 Å². The zero-order chi connectivity index (χ0) is 19.5. The van der Waals surface area contributed by atoms with Crippen molar-refractivity contribution in [3.05, 3.63) is 78.4 Å². The molecule has 1 saturated heterocycles. The van der Waals surface area contributed by atoms with Gasteiger partial charge in [-0.25, -0.2) is 0 Å². The predicted octanol–water partition coefficient (Wildman–Crippen LogP) is 4.54. The van der Waals surface area contributed by atoms with E-state index in [-0.39, 0.29) is 35.7 Å². The number of hydrogen-bond donors (Lipinski definition) is 0. The standard InChI is InChI=1S/C24H25NO3/c1-2-28-24(27)19-13-9-12-18(16-19)21-22(17-10-5-3-6-11-17)25(23(21)26)20-14-7-4-8-15-20/h3-12,14-15,18-19,21-22H,2,13,16H2,1H3/t18-,19+,21+,22+/m1/s1. The van der Waals surface area contributed by atoms with Crippen LogP contribution in [0.4, 0.5) is 5.69 Å². The summed E-state index contributed by atoms with van der Waals surface area (Å²) in [5.74, 6) is -0.305. The number of ether oxygens (including phenoxy) is 1. The predicted molar refractivity (Wildman–Crippen MR) is 109 cm³/mol. The van der Waals surface area contributed by atoms with E-state index in [0.29, 0.717) is 19.4 Å². The number of amides is 1. The molecule has 2 aromatic carbocycles. The number of hydrogen-bond acceptors (Lipinski definition) is 3. The number of β-lactam (4-membered cyclic amide) rings is 1. The van der Waals surface area contributed by atoms with Crippen LogP contribution in [0.3, 0.4) is 0 Å². The first kappa shape index (κ1) is 18.5. The van der Waals surface area contributed by atoms with Gasteiger partial charge in [-0.3, -0.25) is 9.59 Å². The van der Waals surface area contributed by atoms with E-state index in [1.54, 1.807) is 0 Å². The molecule has 1 fully saturated rings. The molecule has 0 saturated carbocycles. The molecule has 1 heterocycles. The zero-order valence-corrected chi connectivity index (χ0v) is 16.0. The molecule has 4 nitrogen and oxygen atoms in total. The average Bonchev–Trinajstić information content (AvgIpc) is 2.74. The number of anilines is 1. The molecule has 0 N–H and O–H groups in total. The second-order valence-electron chi connectivity index (χ2n) is 7.44. The minimum atomic E-state index is -0.162. The van der Waals surface area contributed by atoms with Crippen LogP contribution in [0, 0.1) is 17.8 Å². The highest BCUT2D eigenvalue weighted by atomic mass is 16.5. The molecule has 0 radical (unpaired) electrons. The average molecular weight is 375 g/mol. The van der Waals surface area contributed by atoms with Gasteiger partial charge in [-0.2, -0.15) is 0 Å². The van der Waals surface area contributed by atoms with Gasteiger partial charge < -0.3 is 9.64 Å². The summed E-state index contributed by atoms with van der Waals surface area (Å²) in [6.07, 6.45) is 5.51. The lowest BCUT2D eigenvalue weighted by Gasteiger charge is -2.50. The van der Waals surface area contributed by atoms with Gasteiger partial charge in [0.2, 0.25) is 5.91 Å². The number of esters is 1. The fourth-order valence-electron chi connectivity index (χ4n) is 4.45. The molecule has 4 rings (SSSR count). The SMILES string of the molecule is CCOC(=O)[C@H]1CC=C[C@@H]([C@@H]2C(=O)N(c3ccccc3)[C@H]2c2ccccc2)C1. The zero-order valence-electron chi connectivity index (χ0n) is 16.0. The highest BCUT2D eigenvalue weighted by Gasteiger charge is 2.52. The van der Waals surface area contributed by atoms with Crippen molar-refractivity contribution in [2.24, 2.45) is 17.8 Å². The van der Waals surface area contributed by atoms with E-state index < -0.39 is 0 Å². The van der Waals surface area contributed by atoms with Gasteiger partial charge in [0.1, 0.15) is 0 Å². The van der Waals surface area contributed by atoms with Crippen LogP contribution in [0.2, 0.25) is 0 Å². The number of benzene rings is 2. The summed E-state index contributed by atoms with van der Waals surface area (Å²) in [6, 6.07) is 20.0. The van der Waals surface area contributed by atoms with Gasteiger partial charge in [0.25, 0.3) is 0 Å². The Kier molecular flexibility index (Phi) is 5.29. The minimum Gasteiger partial charge on any atom is -0.466 e. The Balaban J connectivity index is 1.63. The normalized spacial score (nSPS) is 26.6. The number of allylic oxidation sites excluding steroid dienone is 2. The fraction of sp³-hybridized carbons (Fsp3) is 0.333. The Bertz CT molecular complexity index is 862. The second-order valence-corrected chi connectivity index (χ2v) is 7.44. The van der Waals surface area contributed by atoms with Crippen molar-refractivity contribution >= 4 is 17.6 Å². The van der Waals surface area contributed by atoms with Gasteiger partial charge in [-0.05, 0) is 43.4 Å². The lowest BCUT2D eigenvalue weighted by atomic mass is 9.69. The van der Waals surface area contributed by atoms with Gasteiger partial charge in [-0.15, -0.1) is 0 Å². The highest BCUT2D eigenvalue weighted by Crippen LogP contribution is 2.49. The van der Waals surface area contributed by atoms with Crippen LogP contribution in [0.25, 0.3) is 0 Å². The first-order valence-electron chi connectivity index (χ1n) is 9.97. The second kappa shape index (κ2) is 8.01. The first-order chi connectivity index (χ1) is 13.7. The number of rotatable bonds is 5. The van der Waals surface area contributed by atoms with E-state index in [9.17, 15) is 9.59 Å². The van der Waals surface area contributed by atoms with Gasteiger partial charge in [0, 0.05) is 5.69 Å². The summed E-state index contributed by atoms with van der Waals surface area (Å²) in [5, 5.41) is 0. The topological polar surface area (TPSA) is 46.6 Å². The Morgan fingerprint density at radius 2 is 1.75 bits per heavy atom. The summed E-state index contributed by atoms with van der Waals surface area (Å²) in [5.41, 5.74) is 2.04. The lowest BCUT2D eigenvalue weighted by Crippen LogP contribution is -2.58. The third-order valence-corrected chi connectivity index (χ3v) is 5.76. The van der Waals surface area contributed by atoms with Crippen molar-refractivity contribution in [2.45, 2.75) is 25.8 Å². The number of para-hydroxylation sites is 1. The van der Waals surface area contributed by atoms with E-state index in [1.165, 1.54) is 0 Å². The molecule has 0 spiro atoms. The lowest BCUT2D eigenvalue weighted by molar-refractivity contribution is -0.149. The smallest absolute Gasteiger partial charge is 0.309 e. The summed E-state index contributed by atoms with van der Waals surface area (Å²) in [6.45, 7) is 2.22. The van der Waals surface area contributed by atoms with E-state index in [4.69, 9.17) is 4.74 Å². The third-order valence-electron chi connectivity index (χ3n) is 5.76. The summed E-state index contributed by atoms with van der Waals surface area (Å²) < 4.78 is 5.22. The Hall–Kier alpha value is -2.88. The molecule has 144 valence electrons. The maximum atomic E-state index is 13.2. The van der Waals surface area contributed by atoms with E-state index in [2.05, 4.69) is 18.2 Å². The number of carbonyl (C=O) groups is 2. The van der Waals surface area contributed by atoms with Crippen LogP contribution >= 0.6 is 0 Å². The molecule has 2 aliphatic rings. The van der Waals surface area contributed by atoms with Gasteiger partial charge in [0.05, 0.1) is 24.5 Å². The molecule has 2 aromatic rings.